The molecular formula is C23H22N2O2. The van der Waals surface area contributed by atoms with Crippen LogP contribution in [0.25, 0.3) is 10.8 Å². The summed E-state index contributed by atoms with van der Waals surface area (Å²) in [6.45, 7) is 5.36. The molecule has 4 heteroatoms. The molecule has 0 heterocycles. The molecule has 3 rings (SSSR count). The summed E-state index contributed by atoms with van der Waals surface area (Å²) < 4.78 is 5.61. The van der Waals surface area contributed by atoms with E-state index in [-0.39, 0.29) is 0 Å². The summed E-state index contributed by atoms with van der Waals surface area (Å²) in [5.74, 6) is -0.628. The Kier molecular flexibility index (Phi) is 4.87. The van der Waals surface area contributed by atoms with Gasteiger partial charge in [-0.2, -0.15) is 5.26 Å². The fraction of sp³-hybridized carbons (Fsp3) is 0.217. The van der Waals surface area contributed by atoms with Crippen LogP contribution in [0.2, 0.25) is 0 Å². The number of para-hydroxylation sites is 1. The summed E-state index contributed by atoms with van der Waals surface area (Å²) in [7, 11) is 0. The number of anilines is 1. The van der Waals surface area contributed by atoms with Gasteiger partial charge in [-0.05, 0) is 49.7 Å². The molecule has 0 saturated carbocycles. The van der Waals surface area contributed by atoms with Crippen molar-refractivity contribution in [1.29, 1.82) is 5.26 Å². The molecule has 0 aliphatic heterocycles. The Balaban J connectivity index is 2.15. The van der Waals surface area contributed by atoms with Crippen LogP contribution in [0.15, 0.2) is 72.8 Å². The van der Waals surface area contributed by atoms with Gasteiger partial charge in [0.05, 0.1) is 0 Å². The van der Waals surface area contributed by atoms with Crippen LogP contribution in [-0.2, 0) is 15.1 Å². The second kappa shape index (κ2) is 7.13. The second-order valence-corrected chi connectivity index (χ2v) is 7.42. The van der Waals surface area contributed by atoms with Crippen LogP contribution in [0, 0.1) is 11.3 Å². The maximum Gasteiger partial charge on any atom is 0.352 e. The van der Waals surface area contributed by atoms with Gasteiger partial charge in [0, 0.05) is 11.3 Å². The van der Waals surface area contributed by atoms with E-state index >= 15 is 0 Å². The van der Waals surface area contributed by atoms with E-state index in [2.05, 4.69) is 11.4 Å². The maximum absolute atomic E-state index is 13.1. The number of nitrogens with zero attached hydrogens (tertiary/aromatic N) is 1. The minimum absolute atomic E-state index is 0.543. The number of benzene rings is 3. The van der Waals surface area contributed by atoms with Crippen molar-refractivity contribution in [1.82, 2.24) is 0 Å². The maximum atomic E-state index is 13.1. The Morgan fingerprint density at radius 3 is 2.19 bits per heavy atom. The SMILES string of the molecule is CC(C)(C)OC(=O)[C@](C#N)(Nc1ccccc1)c1ccc2ccccc2c1. The van der Waals surface area contributed by atoms with E-state index < -0.39 is 17.1 Å². The van der Waals surface area contributed by atoms with Gasteiger partial charge in [0.1, 0.15) is 11.7 Å². The quantitative estimate of drug-likeness (QED) is 0.666. The number of ether oxygens (including phenoxy) is 1. The largest absolute Gasteiger partial charge is 0.457 e. The predicted octanol–water partition coefficient (Wildman–Crippen LogP) is 5.01. The van der Waals surface area contributed by atoms with E-state index in [0.717, 1.165) is 10.8 Å². The highest BCUT2D eigenvalue weighted by Gasteiger charge is 2.44. The monoisotopic (exact) mass is 358 g/mol. The molecule has 0 aliphatic rings. The Bertz CT molecular complexity index is 1000. The molecule has 0 aromatic heterocycles. The second-order valence-electron chi connectivity index (χ2n) is 7.42. The summed E-state index contributed by atoms with van der Waals surface area (Å²) >= 11 is 0. The highest BCUT2D eigenvalue weighted by atomic mass is 16.6. The molecule has 0 saturated heterocycles. The number of rotatable bonds is 4. The first-order valence-corrected chi connectivity index (χ1v) is 8.81. The van der Waals surface area contributed by atoms with Crippen molar-refractivity contribution in [3.05, 3.63) is 78.4 Å². The number of esters is 1. The van der Waals surface area contributed by atoms with Crippen molar-refractivity contribution in [2.45, 2.75) is 31.9 Å². The lowest BCUT2D eigenvalue weighted by atomic mass is 9.89. The average Bonchev–Trinajstić information content (AvgIpc) is 2.65. The van der Waals surface area contributed by atoms with Crippen LogP contribution in [0.1, 0.15) is 26.3 Å². The van der Waals surface area contributed by atoms with Crippen LogP contribution in [-0.4, -0.2) is 11.6 Å². The van der Waals surface area contributed by atoms with Crippen LogP contribution in [0.4, 0.5) is 5.69 Å². The van der Waals surface area contributed by atoms with Crippen LogP contribution < -0.4 is 5.32 Å². The zero-order valence-corrected chi connectivity index (χ0v) is 15.7. The van der Waals surface area contributed by atoms with Gasteiger partial charge >= 0.3 is 5.97 Å². The number of nitriles is 1. The third kappa shape index (κ3) is 3.93. The molecule has 0 amide bonds. The summed E-state index contributed by atoms with van der Waals surface area (Å²) in [4.78, 5) is 13.1. The zero-order valence-electron chi connectivity index (χ0n) is 15.7. The number of hydrogen-bond donors (Lipinski definition) is 1. The van der Waals surface area contributed by atoms with Crippen LogP contribution in [0.5, 0.6) is 0 Å². The van der Waals surface area contributed by atoms with Gasteiger partial charge in [-0.15, -0.1) is 0 Å². The first-order valence-electron chi connectivity index (χ1n) is 8.81. The molecule has 1 atom stereocenters. The lowest BCUT2D eigenvalue weighted by Crippen LogP contribution is -2.46. The molecule has 0 aliphatic carbocycles. The van der Waals surface area contributed by atoms with Crippen LogP contribution >= 0.6 is 0 Å². The van der Waals surface area contributed by atoms with Crippen molar-refractivity contribution in [3.63, 3.8) is 0 Å². The highest BCUT2D eigenvalue weighted by Crippen LogP contribution is 2.31. The first-order chi connectivity index (χ1) is 12.8. The van der Waals surface area contributed by atoms with Crippen molar-refractivity contribution < 1.29 is 9.53 Å². The van der Waals surface area contributed by atoms with Gasteiger partial charge in [-0.1, -0.05) is 54.6 Å². The Morgan fingerprint density at radius 2 is 1.56 bits per heavy atom. The van der Waals surface area contributed by atoms with Crippen molar-refractivity contribution in [2.75, 3.05) is 5.32 Å². The van der Waals surface area contributed by atoms with Gasteiger partial charge in [-0.3, -0.25) is 0 Å². The molecular weight excluding hydrogens is 336 g/mol. The molecule has 3 aromatic rings. The Morgan fingerprint density at radius 1 is 0.926 bits per heavy atom. The zero-order chi connectivity index (χ0) is 19.5. The fourth-order valence-electron chi connectivity index (χ4n) is 2.89. The molecule has 0 unspecified atom stereocenters. The van der Waals surface area contributed by atoms with E-state index in [1.54, 1.807) is 26.8 Å². The summed E-state index contributed by atoms with van der Waals surface area (Å²) in [6.07, 6.45) is 0. The molecule has 3 aromatic carbocycles. The molecule has 0 bridgehead atoms. The van der Waals surface area contributed by atoms with Crippen molar-refractivity contribution >= 4 is 22.4 Å². The van der Waals surface area contributed by atoms with E-state index in [4.69, 9.17) is 4.74 Å². The lowest BCUT2D eigenvalue weighted by Gasteiger charge is -2.31. The first kappa shape index (κ1) is 18.5. The number of hydrogen-bond acceptors (Lipinski definition) is 4. The molecule has 136 valence electrons. The Hall–Kier alpha value is -3.32. The smallest absolute Gasteiger partial charge is 0.352 e. The molecule has 1 N–H and O–H groups in total. The van der Waals surface area contributed by atoms with Gasteiger partial charge in [0.15, 0.2) is 0 Å². The number of carbonyl (C=O) groups excluding carboxylic acids is 1. The molecule has 27 heavy (non-hydrogen) atoms. The van der Waals surface area contributed by atoms with E-state index in [1.807, 2.05) is 66.7 Å². The number of carbonyl (C=O) groups is 1. The third-order valence-electron chi connectivity index (χ3n) is 4.16. The predicted molar refractivity (Wildman–Crippen MR) is 107 cm³/mol. The minimum Gasteiger partial charge on any atom is -0.457 e. The Labute approximate surface area is 159 Å². The number of nitrogens with one attached hydrogen (secondary N) is 1. The van der Waals surface area contributed by atoms with Gasteiger partial charge < -0.3 is 10.1 Å². The summed E-state index contributed by atoms with van der Waals surface area (Å²) in [6, 6.07) is 24.8. The topological polar surface area (TPSA) is 62.1 Å². The highest BCUT2D eigenvalue weighted by molar-refractivity contribution is 5.92. The van der Waals surface area contributed by atoms with Gasteiger partial charge in [0.25, 0.3) is 0 Å². The fourth-order valence-corrected chi connectivity index (χ4v) is 2.89. The van der Waals surface area contributed by atoms with E-state index in [0.29, 0.717) is 11.3 Å². The standard InChI is InChI=1S/C23H22N2O2/c1-22(2,3)27-21(26)23(16-24,25-20-11-5-4-6-12-20)19-14-13-17-9-7-8-10-18(17)15-19/h4-15,25H,1-3H3/t23-/m1/s1. The average molecular weight is 358 g/mol. The molecule has 0 spiro atoms. The molecule has 4 nitrogen and oxygen atoms in total. The normalized spacial score (nSPS) is 13.4. The summed E-state index contributed by atoms with van der Waals surface area (Å²) in [5, 5.41) is 15.2. The molecule has 0 radical (unpaired) electrons. The van der Waals surface area contributed by atoms with E-state index in [1.165, 1.54) is 0 Å². The van der Waals surface area contributed by atoms with Crippen LogP contribution in [0.3, 0.4) is 0 Å². The third-order valence-corrected chi connectivity index (χ3v) is 4.16. The van der Waals surface area contributed by atoms with E-state index in [9.17, 15) is 10.1 Å². The van der Waals surface area contributed by atoms with Gasteiger partial charge in [-0.25, -0.2) is 4.79 Å². The summed E-state index contributed by atoms with van der Waals surface area (Å²) in [5.41, 5.74) is -1.16. The van der Waals surface area contributed by atoms with Crippen molar-refractivity contribution in [3.8, 4) is 6.07 Å². The number of fused-ring (bicyclic) bond motifs is 1. The minimum atomic E-state index is -1.65. The van der Waals surface area contributed by atoms with Crippen molar-refractivity contribution in [2.24, 2.45) is 0 Å². The lowest BCUT2D eigenvalue weighted by molar-refractivity contribution is -0.158. The van der Waals surface area contributed by atoms with Gasteiger partial charge in [0.2, 0.25) is 5.54 Å². The molecule has 0 fully saturated rings.